The number of halogens is 1. The van der Waals surface area contributed by atoms with Gasteiger partial charge < -0.3 is 10.2 Å². The van der Waals surface area contributed by atoms with E-state index in [1.165, 1.54) is 12.8 Å². The van der Waals surface area contributed by atoms with Gasteiger partial charge in [0.1, 0.15) is 11.0 Å². The Kier molecular flexibility index (Phi) is 6.87. The monoisotopic (exact) mass is 348 g/mol. The molecule has 0 bridgehead atoms. The van der Waals surface area contributed by atoms with Crippen molar-refractivity contribution in [3.8, 4) is 11.6 Å². The van der Waals surface area contributed by atoms with Gasteiger partial charge in [0.25, 0.3) is 0 Å². The van der Waals surface area contributed by atoms with Crippen LogP contribution in [0, 0.1) is 6.92 Å². The largest absolute Gasteiger partial charge is 0.366 e. The molecular weight excluding hydrogens is 324 g/mol. The van der Waals surface area contributed by atoms with Gasteiger partial charge in [0, 0.05) is 30.5 Å². The SMILES string of the molecule is CCCCN(C)CC(C)Nc1nc(-c2ncccn2)nc(Cl)c1C. The molecule has 2 aromatic rings. The molecule has 0 aliphatic carbocycles. The minimum atomic E-state index is 0.237. The number of rotatable bonds is 8. The summed E-state index contributed by atoms with van der Waals surface area (Å²) in [6.07, 6.45) is 5.74. The van der Waals surface area contributed by atoms with Crippen LogP contribution >= 0.6 is 11.6 Å². The molecule has 0 aliphatic rings. The van der Waals surface area contributed by atoms with Crippen molar-refractivity contribution >= 4 is 17.4 Å². The Morgan fingerprint density at radius 2 is 1.92 bits per heavy atom. The first-order valence-electron chi connectivity index (χ1n) is 8.27. The number of hydrogen-bond acceptors (Lipinski definition) is 6. The molecule has 0 aromatic carbocycles. The van der Waals surface area contributed by atoms with E-state index in [2.05, 4.69) is 51.0 Å². The van der Waals surface area contributed by atoms with Crippen molar-refractivity contribution in [3.63, 3.8) is 0 Å². The molecule has 0 spiro atoms. The van der Waals surface area contributed by atoms with Crippen molar-refractivity contribution < 1.29 is 0 Å². The third-order valence-electron chi connectivity index (χ3n) is 3.71. The van der Waals surface area contributed by atoms with Crippen LogP contribution in [0.1, 0.15) is 32.3 Å². The number of unbranched alkanes of at least 4 members (excludes halogenated alkanes) is 1. The van der Waals surface area contributed by atoms with Crippen LogP contribution < -0.4 is 5.32 Å². The van der Waals surface area contributed by atoms with Gasteiger partial charge in [-0.1, -0.05) is 24.9 Å². The Hall–Kier alpha value is -1.79. The van der Waals surface area contributed by atoms with Crippen LogP contribution in [0.2, 0.25) is 5.15 Å². The number of likely N-dealkylation sites (N-methyl/N-ethyl adjacent to an activating group) is 1. The van der Waals surface area contributed by atoms with E-state index in [-0.39, 0.29) is 6.04 Å². The van der Waals surface area contributed by atoms with Crippen molar-refractivity contribution in [2.45, 2.75) is 39.7 Å². The fraction of sp³-hybridized carbons (Fsp3) is 0.529. The summed E-state index contributed by atoms with van der Waals surface area (Å²) in [6.45, 7) is 8.27. The summed E-state index contributed by atoms with van der Waals surface area (Å²) in [7, 11) is 2.14. The molecule has 6 nitrogen and oxygen atoms in total. The first-order valence-corrected chi connectivity index (χ1v) is 8.65. The Balaban J connectivity index is 2.13. The van der Waals surface area contributed by atoms with Gasteiger partial charge in [-0.05, 0) is 39.9 Å². The fourth-order valence-electron chi connectivity index (χ4n) is 2.41. The van der Waals surface area contributed by atoms with E-state index in [0.29, 0.717) is 16.8 Å². The fourth-order valence-corrected chi connectivity index (χ4v) is 2.58. The molecule has 1 unspecified atom stereocenters. The van der Waals surface area contributed by atoms with Gasteiger partial charge >= 0.3 is 0 Å². The van der Waals surface area contributed by atoms with Crippen LogP contribution in [0.25, 0.3) is 11.6 Å². The second-order valence-electron chi connectivity index (χ2n) is 6.05. The van der Waals surface area contributed by atoms with Gasteiger partial charge in [0.15, 0.2) is 5.82 Å². The molecule has 2 rings (SSSR count). The summed E-state index contributed by atoms with van der Waals surface area (Å²) in [5.74, 6) is 1.63. The Morgan fingerprint density at radius 3 is 2.58 bits per heavy atom. The molecule has 130 valence electrons. The molecule has 24 heavy (non-hydrogen) atoms. The second kappa shape index (κ2) is 8.89. The summed E-state index contributed by atoms with van der Waals surface area (Å²) in [6, 6.07) is 1.99. The minimum absolute atomic E-state index is 0.237. The highest BCUT2D eigenvalue weighted by atomic mass is 35.5. The predicted octanol–water partition coefficient (Wildman–Crippen LogP) is 3.43. The first kappa shape index (κ1) is 18.5. The average molecular weight is 349 g/mol. The lowest BCUT2D eigenvalue weighted by molar-refractivity contribution is 0.318. The molecule has 2 heterocycles. The van der Waals surface area contributed by atoms with Crippen LogP contribution in [0.3, 0.4) is 0 Å². The first-order chi connectivity index (χ1) is 11.5. The lowest BCUT2D eigenvalue weighted by atomic mass is 10.2. The molecule has 2 aromatic heterocycles. The van der Waals surface area contributed by atoms with Crippen molar-refractivity contribution in [2.75, 3.05) is 25.5 Å². The number of nitrogens with zero attached hydrogens (tertiary/aromatic N) is 5. The molecule has 0 radical (unpaired) electrons. The molecular formula is C17H25ClN6. The van der Waals surface area contributed by atoms with Crippen molar-refractivity contribution in [1.29, 1.82) is 0 Å². The van der Waals surface area contributed by atoms with Gasteiger partial charge in [-0.3, -0.25) is 0 Å². The summed E-state index contributed by atoms with van der Waals surface area (Å²) >= 11 is 6.27. The average Bonchev–Trinajstić information content (AvgIpc) is 2.57. The van der Waals surface area contributed by atoms with Crippen LogP contribution in [0.4, 0.5) is 5.82 Å². The summed E-state index contributed by atoms with van der Waals surface area (Å²) < 4.78 is 0. The maximum atomic E-state index is 6.27. The molecule has 1 N–H and O–H groups in total. The zero-order valence-electron chi connectivity index (χ0n) is 14.8. The molecule has 0 saturated carbocycles. The molecule has 0 aliphatic heterocycles. The van der Waals surface area contributed by atoms with E-state index in [1.54, 1.807) is 18.5 Å². The normalized spacial score (nSPS) is 12.4. The number of hydrogen-bond donors (Lipinski definition) is 1. The molecule has 0 fully saturated rings. The molecule has 1 atom stereocenters. The van der Waals surface area contributed by atoms with Crippen LogP contribution in [0.15, 0.2) is 18.5 Å². The minimum Gasteiger partial charge on any atom is -0.366 e. The number of anilines is 1. The predicted molar refractivity (Wildman–Crippen MR) is 98.3 cm³/mol. The van der Waals surface area contributed by atoms with E-state index < -0.39 is 0 Å². The maximum absolute atomic E-state index is 6.27. The van der Waals surface area contributed by atoms with Crippen LogP contribution in [-0.4, -0.2) is 51.0 Å². The van der Waals surface area contributed by atoms with E-state index in [1.807, 2.05) is 6.92 Å². The molecule has 0 amide bonds. The Morgan fingerprint density at radius 1 is 1.21 bits per heavy atom. The molecule has 0 saturated heterocycles. The highest BCUT2D eigenvalue weighted by molar-refractivity contribution is 6.30. The third kappa shape index (κ3) is 5.11. The quantitative estimate of drug-likeness (QED) is 0.737. The van der Waals surface area contributed by atoms with Crippen LogP contribution in [-0.2, 0) is 0 Å². The third-order valence-corrected chi connectivity index (χ3v) is 4.08. The lowest BCUT2D eigenvalue weighted by Crippen LogP contribution is -2.33. The van der Waals surface area contributed by atoms with Gasteiger partial charge in [0.05, 0.1) is 0 Å². The highest BCUT2D eigenvalue weighted by Crippen LogP contribution is 2.23. The van der Waals surface area contributed by atoms with Crippen molar-refractivity contribution in [1.82, 2.24) is 24.8 Å². The maximum Gasteiger partial charge on any atom is 0.201 e. The summed E-state index contributed by atoms with van der Waals surface area (Å²) in [5, 5.41) is 3.85. The van der Waals surface area contributed by atoms with E-state index >= 15 is 0 Å². The smallest absolute Gasteiger partial charge is 0.201 e. The second-order valence-corrected chi connectivity index (χ2v) is 6.40. The summed E-state index contributed by atoms with van der Waals surface area (Å²) in [5.41, 5.74) is 0.833. The lowest BCUT2D eigenvalue weighted by Gasteiger charge is -2.23. The Bertz CT molecular complexity index is 649. The van der Waals surface area contributed by atoms with Gasteiger partial charge in [-0.2, -0.15) is 0 Å². The van der Waals surface area contributed by atoms with Gasteiger partial charge in [0.2, 0.25) is 5.82 Å². The molecule has 7 heteroatoms. The van der Waals surface area contributed by atoms with E-state index in [0.717, 1.165) is 24.5 Å². The van der Waals surface area contributed by atoms with Gasteiger partial charge in [-0.25, -0.2) is 19.9 Å². The summed E-state index contributed by atoms with van der Waals surface area (Å²) in [4.78, 5) is 19.6. The van der Waals surface area contributed by atoms with E-state index in [4.69, 9.17) is 11.6 Å². The highest BCUT2D eigenvalue weighted by Gasteiger charge is 2.15. The topological polar surface area (TPSA) is 66.8 Å². The van der Waals surface area contributed by atoms with Crippen molar-refractivity contribution in [2.24, 2.45) is 0 Å². The zero-order valence-corrected chi connectivity index (χ0v) is 15.5. The van der Waals surface area contributed by atoms with Crippen LogP contribution in [0.5, 0.6) is 0 Å². The Labute approximate surface area is 148 Å². The standard InChI is InChI=1S/C17H25ClN6/c1-5-6-10-24(4)11-12(2)21-15-13(3)14(18)22-17(23-15)16-19-8-7-9-20-16/h7-9,12H,5-6,10-11H2,1-4H3,(H,21,22,23). The van der Waals surface area contributed by atoms with Gasteiger partial charge in [-0.15, -0.1) is 0 Å². The number of nitrogens with one attached hydrogen (secondary N) is 1. The number of aromatic nitrogens is 4. The van der Waals surface area contributed by atoms with E-state index in [9.17, 15) is 0 Å². The van der Waals surface area contributed by atoms with Crippen molar-refractivity contribution in [3.05, 3.63) is 29.2 Å². The zero-order chi connectivity index (χ0) is 17.5.